The Morgan fingerprint density at radius 2 is 1.83 bits per heavy atom. The van der Waals surface area contributed by atoms with Crippen molar-refractivity contribution in [3.63, 3.8) is 0 Å². The van der Waals surface area contributed by atoms with E-state index < -0.39 is 0 Å². The molecule has 0 saturated heterocycles. The number of nitrogens with one attached hydrogen (secondary N) is 1. The number of nitrogens with zero attached hydrogens (tertiary/aromatic N) is 1. The third-order valence-corrected chi connectivity index (χ3v) is 5.12. The fourth-order valence-corrected chi connectivity index (χ4v) is 3.41. The zero-order chi connectivity index (χ0) is 20.8. The Labute approximate surface area is 178 Å². The second-order valence-corrected chi connectivity index (χ2v) is 7.38. The summed E-state index contributed by atoms with van der Waals surface area (Å²) in [4.78, 5) is 17.8. The number of amides is 1. The summed E-state index contributed by atoms with van der Waals surface area (Å²) in [5.74, 6) is 2.20. The quantitative estimate of drug-likeness (QED) is 0.418. The summed E-state index contributed by atoms with van der Waals surface area (Å²) in [5.41, 5.74) is 1.28. The first-order valence-corrected chi connectivity index (χ1v) is 10.3. The summed E-state index contributed by atoms with van der Waals surface area (Å²) in [6, 6.07) is 20.4. The number of para-hydroxylation sites is 3. The molecule has 0 unspecified atom stereocenters. The van der Waals surface area contributed by atoms with Crippen LogP contribution in [0.15, 0.2) is 76.5 Å². The normalized spacial score (nSPS) is 10.6. The Hall–Kier alpha value is -3.58. The largest absolute Gasteiger partial charge is 0.485 e. The maximum Gasteiger partial charge on any atom is 0.262 e. The second kappa shape index (κ2) is 9.28. The van der Waals surface area contributed by atoms with Crippen molar-refractivity contribution in [1.29, 1.82) is 0 Å². The molecule has 4 rings (SSSR count). The van der Waals surface area contributed by atoms with Crippen LogP contribution >= 0.6 is 11.3 Å². The number of thiophene rings is 1. The Bertz CT molecular complexity index is 1110. The lowest BCUT2D eigenvalue weighted by Crippen LogP contribution is -2.20. The van der Waals surface area contributed by atoms with Crippen LogP contribution in [0.25, 0.3) is 10.8 Å². The molecule has 2 aromatic heterocycles. The summed E-state index contributed by atoms with van der Waals surface area (Å²) in [5, 5.41) is 4.81. The van der Waals surface area contributed by atoms with Crippen LogP contribution in [-0.2, 0) is 11.4 Å². The van der Waals surface area contributed by atoms with E-state index in [2.05, 4.69) is 10.3 Å². The van der Waals surface area contributed by atoms with E-state index >= 15 is 0 Å². The van der Waals surface area contributed by atoms with E-state index in [1.807, 2.05) is 54.8 Å². The first-order chi connectivity index (χ1) is 14.7. The van der Waals surface area contributed by atoms with Gasteiger partial charge in [0.25, 0.3) is 5.91 Å². The van der Waals surface area contributed by atoms with Crippen LogP contribution < -0.4 is 14.8 Å². The number of oxazole rings is 1. The third-order valence-electron chi connectivity index (χ3n) is 4.26. The molecular formula is C23H20N2O4S. The lowest BCUT2D eigenvalue weighted by Gasteiger charge is -2.12. The molecule has 2 aromatic carbocycles. The molecule has 7 heteroatoms. The molecule has 0 fully saturated rings. The average Bonchev–Trinajstić information content (AvgIpc) is 3.42. The molecule has 0 atom stereocenters. The highest BCUT2D eigenvalue weighted by molar-refractivity contribution is 7.13. The fraction of sp³-hybridized carbons (Fsp3) is 0.130. The number of ether oxygens (including phenoxy) is 2. The molecule has 0 saturated carbocycles. The van der Waals surface area contributed by atoms with Gasteiger partial charge in [0.15, 0.2) is 6.61 Å². The molecule has 1 N–H and O–H groups in total. The molecule has 2 heterocycles. The maximum atomic E-state index is 12.3. The zero-order valence-corrected chi connectivity index (χ0v) is 17.1. The van der Waals surface area contributed by atoms with Gasteiger partial charge in [-0.05, 0) is 42.6 Å². The molecule has 6 nitrogen and oxygen atoms in total. The monoisotopic (exact) mass is 420 g/mol. The van der Waals surface area contributed by atoms with Gasteiger partial charge in [-0.25, -0.2) is 4.98 Å². The van der Waals surface area contributed by atoms with E-state index in [9.17, 15) is 4.79 Å². The van der Waals surface area contributed by atoms with Gasteiger partial charge in [-0.15, -0.1) is 11.3 Å². The van der Waals surface area contributed by atoms with E-state index in [0.29, 0.717) is 34.5 Å². The average molecular weight is 420 g/mol. The summed E-state index contributed by atoms with van der Waals surface area (Å²) in [6.07, 6.45) is 0. The predicted molar refractivity (Wildman–Crippen MR) is 116 cm³/mol. The van der Waals surface area contributed by atoms with Gasteiger partial charge in [0.2, 0.25) is 5.89 Å². The van der Waals surface area contributed by atoms with Gasteiger partial charge in [0.1, 0.15) is 29.6 Å². The predicted octanol–water partition coefficient (Wildman–Crippen LogP) is 5.31. The molecule has 0 aliphatic rings. The van der Waals surface area contributed by atoms with E-state index in [4.69, 9.17) is 13.9 Å². The summed E-state index contributed by atoms with van der Waals surface area (Å²) < 4.78 is 17.2. The zero-order valence-electron chi connectivity index (χ0n) is 16.3. The van der Waals surface area contributed by atoms with Crippen molar-refractivity contribution in [3.8, 4) is 22.3 Å². The molecule has 0 bridgehead atoms. The Balaban J connectivity index is 1.38. The Morgan fingerprint density at radius 3 is 2.63 bits per heavy atom. The SMILES string of the molecule is Cc1oc(-c2cccs2)nc1COc1ccccc1NC(=O)COc1ccccc1. The molecular weight excluding hydrogens is 400 g/mol. The summed E-state index contributed by atoms with van der Waals surface area (Å²) >= 11 is 1.57. The van der Waals surface area contributed by atoms with Crippen molar-refractivity contribution >= 4 is 22.9 Å². The van der Waals surface area contributed by atoms with Crippen LogP contribution in [-0.4, -0.2) is 17.5 Å². The van der Waals surface area contributed by atoms with Crippen molar-refractivity contribution in [2.24, 2.45) is 0 Å². The van der Waals surface area contributed by atoms with Gasteiger partial charge in [-0.3, -0.25) is 4.79 Å². The summed E-state index contributed by atoms with van der Waals surface area (Å²) in [6.45, 7) is 2.00. The minimum absolute atomic E-state index is 0.0923. The van der Waals surface area contributed by atoms with Gasteiger partial charge in [0.05, 0.1) is 10.6 Å². The van der Waals surface area contributed by atoms with Gasteiger partial charge >= 0.3 is 0 Å². The number of carbonyl (C=O) groups is 1. The van der Waals surface area contributed by atoms with Crippen molar-refractivity contribution in [2.75, 3.05) is 11.9 Å². The highest BCUT2D eigenvalue weighted by Crippen LogP contribution is 2.28. The highest BCUT2D eigenvalue weighted by Gasteiger charge is 2.14. The topological polar surface area (TPSA) is 73.6 Å². The third kappa shape index (κ3) is 4.87. The first-order valence-electron chi connectivity index (χ1n) is 9.39. The lowest BCUT2D eigenvalue weighted by atomic mass is 10.3. The molecule has 0 aliphatic heterocycles. The van der Waals surface area contributed by atoms with Crippen molar-refractivity contribution in [2.45, 2.75) is 13.5 Å². The minimum Gasteiger partial charge on any atom is -0.485 e. The number of hydrogen-bond donors (Lipinski definition) is 1. The molecule has 1 amide bonds. The van der Waals surface area contributed by atoms with Crippen LogP contribution in [0.2, 0.25) is 0 Å². The molecule has 4 aromatic rings. The summed E-state index contributed by atoms with van der Waals surface area (Å²) in [7, 11) is 0. The minimum atomic E-state index is -0.271. The number of aryl methyl sites for hydroxylation is 1. The molecule has 0 radical (unpaired) electrons. The second-order valence-electron chi connectivity index (χ2n) is 6.43. The standard InChI is InChI=1S/C23H20N2O4S/c1-16-19(25-23(29-16)21-12-7-13-30-21)14-28-20-11-6-5-10-18(20)24-22(26)15-27-17-8-3-2-4-9-17/h2-13H,14-15H2,1H3,(H,24,26). The Kier molecular flexibility index (Phi) is 6.10. The van der Waals surface area contributed by atoms with Gasteiger partial charge in [-0.1, -0.05) is 36.4 Å². The van der Waals surface area contributed by atoms with Crippen LogP contribution in [0.1, 0.15) is 11.5 Å². The molecule has 152 valence electrons. The van der Waals surface area contributed by atoms with Crippen molar-refractivity contribution < 1.29 is 18.7 Å². The van der Waals surface area contributed by atoms with E-state index in [1.54, 1.807) is 35.6 Å². The highest BCUT2D eigenvalue weighted by atomic mass is 32.1. The number of hydrogen-bond acceptors (Lipinski definition) is 6. The van der Waals surface area contributed by atoms with E-state index in [-0.39, 0.29) is 19.1 Å². The van der Waals surface area contributed by atoms with Crippen molar-refractivity contribution in [3.05, 3.63) is 83.6 Å². The first kappa shape index (κ1) is 19.7. The van der Waals surface area contributed by atoms with E-state index in [1.165, 1.54) is 0 Å². The molecule has 0 spiro atoms. The van der Waals surface area contributed by atoms with Crippen LogP contribution in [0.5, 0.6) is 11.5 Å². The van der Waals surface area contributed by atoms with Gasteiger partial charge < -0.3 is 19.2 Å². The fourth-order valence-electron chi connectivity index (χ4n) is 2.76. The number of aromatic nitrogens is 1. The number of carbonyl (C=O) groups excluding carboxylic acids is 1. The molecule has 30 heavy (non-hydrogen) atoms. The molecule has 0 aliphatic carbocycles. The number of benzene rings is 2. The van der Waals surface area contributed by atoms with E-state index in [0.717, 1.165) is 4.88 Å². The van der Waals surface area contributed by atoms with Crippen LogP contribution in [0.3, 0.4) is 0 Å². The maximum absolute atomic E-state index is 12.3. The van der Waals surface area contributed by atoms with Gasteiger partial charge in [0, 0.05) is 0 Å². The smallest absolute Gasteiger partial charge is 0.262 e. The number of rotatable bonds is 8. The lowest BCUT2D eigenvalue weighted by molar-refractivity contribution is -0.118. The van der Waals surface area contributed by atoms with Crippen LogP contribution in [0.4, 0.5) is 5.69 Å². The van der Waals surface area contributed by atoms with Crippen molar-refractivity contribution in [1.82, 2.24) is 4.98 Å². The van der Waals surface area contributed by atoms with Crippen LogP contribution in [0, 0.1) is 6.92 Å². The number of anilines is 1. The van der Waals surface area contributed by atoms with Gasteiger partial charge in [-0.2, -0.15) is 0 Å². The Morgan fingerprint density at radius 1 is 1.03 bits per heavy atom.